The van der Waals surface area contributed by atoms with Crippen molar-refractivity contribution in [1.29, 1.82) is 0 Å². The Kier molecular flexibility index (Phi) is 7.26. The van der Waals surface area contributed by atoms with Crippen molar-refractivity contribution in [3.63, 3.8) is 0 Å². The van der Waals surface area contributed by atoms with Crippen LogP contribution >= 0.6 is 0 Å². The first-order valence-corrected chi connectivity index (χ1v) is 7.22. The van der Waals surface area contributed by atoms with Crippen molar-refractivity contribution in [1.82, 2.24) is 5.32 Å². The predicted octanol–water partition coefficient (Wildman–Crippen LogP) is 1.73. The van der Waals surface area contributed by atoms with Crippen LogP contribution in [-0.2, 0) is 16.0 Å². The molecule has 0 bridgehead atoms. The lowest BCUT2D eigenvalue weighted by Crippen LogP contribution is -2.49. The number of benzene rings is 1. The molecule has 1 rings (SSSR count). The number of nitrogens with one attached hydrogen (secondary N) is 1. The minimum atomic E-state index is -0.528. The van der Waals surface area contributed by atoms with E-state index in [1.165, 1.54) is 0 Å². The standard InChI is InChI=1S/C16H26N2O2/c1-4-20-11-15(12(2)3)18-16(19)14(17)10-13-8-6-5-7-9-13/h5-9,12,14-15H,4,10-11,17H2,1-3H3,(H,18,19). The highest BCUT2D eigenvalue weighted by molar-refractivity contribution is 5.82. The number of ether oxygens (including phenoxy) is 1. The number of hydrogen-bond acceptors (Lipinski definition) is 3. The summed E-state index contributed by atoms with van der Waals surface area (Å²) in [6, 6.07) is 9.29. The Morgan fingerprint density at radius 2 is 1.95 bits per heavy atom. The van der Waals surface area contributed by atoms with Gasteiger partial charge in [-0.3, -0.25) is 4.79 Å². The molecule has 0 saturated heterocycles. The van der Waals surface area contributed by atoms with Gasteiger partial charge in [0.1, 0.15) is 0 Å². The van der Waals surface area contributed by atoms with Crippen LogP contribution in [0, 0.1) is 5.92 Å². The van der Waals surface area contributed by atoms with Gasteiger partial charge in [0.05, 0.1) is 18.7 Å². The average molecular weight is 278 g/mol. The van der Waals surface area contributed by atoms with Crippen molar-refractivity contribution in [3.8, 4) is 0 Å². The zero-order valence-electron chi connectivity index (χ0n) is 12.6. The zero-order chi connectivity index (χ0) is 15.0. The third-order valence-electron chi connectivity index (χ3n) is 3.27. The van der Waals surface area contributed by atoms with Crippen molar-refractivity contribution < 1.29 is 9.53 Å². The molecule has 0 heterocycles. The number of rotatable bonds is 8. The van der Waals surface area contributed by atoms with Gasteiger partial charge in [0, 0.05) is 6.61 Å². The van der Waals surface area contributed by atoms with Crippen LogP contribution in [0.25, 0.3) is 0 Å². The van der Waals surface area contributed by atoms with E-state index in [9.17, 15) is 4.79 Å². The van der Waals surface area contributed by atoms with E-state index in [2.05, 4.69) is 19.2 Å². The third-order valence-corrected chi connectivity index (χ3v) is 3.27. The summed E-state index contributed by atoms with van der Waals surface area (Å²) in [5.41, 5.74) is 7.04. The summed E-state index contributed by atoms with van der Waals surface area (Å²) in [6.45, 7) is 7.24. The van der Waals surface area contributed by atoms with E-state index in [4.69, 9.17) is 10.5 Å². The molecule has 0 aromatic heterocycles. The lowest BCUT2D eigenvalue weighted by atomic mass is 10.0. The van der Waals surface area contributed by atoms with Gasteiger partial charge in [0.25, 0.3) is 0 Å². The first-order valence-electron chi connectivity index (χ1n) is 7.22. The molecule has 0 fully saturated rings. The molecule has 0 aliphatic rings. The van der Waals surface area contributed by atoms with Crippen molar-refractivity contribution in [3.05, 3.63) is 35.9 Å². The topological polar surface area (TPSA) is 64.3 Å². The fourth-order valence-corrected chi connectivity index (χ4v) is 1.90. The van der Waals surface area contributed by atoms with Crippen LogP contribution in [0.15, 0.2) is 30.3 Å². The maximum absolute atomic E-state index is 12.1. The summed E-state index contributed by atoms with van der Waals surface area (Å²) in [5, 5.41) is 2.98. The van der Waals surface area contributed by atoms with Gasteiger partial charge in [0.15, 0.2) is 0 Å². The quantitative estimate of drug-likeness (QED) is 0.761. The summed E-state index contributed by atoms with van der Waals surface area (Å²) < 4.78 is 5.40. The Hall–Kier alpha value is -1.39. The van der Waals surface area contributed by atoms with Crippen molar-refractivity contribution in [2.24, 2.45) is 11.7 Å². The smallest absolute Gasteiger partial charge is 0.237 e. The molecule has 0 spiro atoms. The van der Waals surface area contributed by atoms with Gasteiger partial charge in [0.2, 0.25) is 5.91 Å². The normalized spacial score (nSPS) is 14.1. The molecular weight excluding hydrogens is 252 g/mol. The molecular formula is C16H26N2O2. The van der Waals surface area contributed by atoms with E-state index in [1.807, 2.05) is 37.3 Å². The first kappa shape index (κ1) is 16.7. The van der Waals surface area contributed by atoms with Crippen LogP contribution in [-0.4, -0.2) is 31.2 Å². The van der Waals surface area contributed by atoms with Gasteiger partial charge in [-0.2, -0.15) is 0 Å². The first-order chi connectivity index (χ1) is 9.54. The minimum Gasteiger partial charge on any atom is -0.380 e. The van der Waals surface area contributed by atoms with Gasteiger partial charge < -0.3 is 15.8 Å². The van der Waals surface area contributed by atoms with E-state index in [-0.39, 0.29) is 11.9 Å². The Labute approximate surface area is 121 Å². The van der Waals surface area contributed by atoms with E-state index in [1.54, 1.807) is 0 Å². The second kappa shape index (κ2) is 8.72. The Morgan fingerprint density at radius 3 is 2.50 bits per heavy atom. The van der Waals surface area contributed by atoms with E-state index in [0.717, 1.165) is 5.56 Å². The summed E-state index contributed by atoms with van der Waals surface area (Å²) in [5.74, 6) is 0.196. The highest BCUT2D eigenvalue weighted by Crippen LogP contribution is 2.05. The molecule has 0 saturated carbocycles. The van der Waals surface area contributed by atoms with Crippen LogP contribution in [0.4, 0.5) is 0 Å². The van der Waals surface area contributed by atoms with Crippen molar-refractivity contribution >= 4 is 5.91 Å². The molecule has 20 heavy (non-hydrogen) atoms. The second-order valence-corrected chi connectivity index (χ2v) is 5.31. The monoisotopic (exact) mass is 278 g/mol. The molecule has 4 nitrogen and oxygen atoms in total. The highest BCUT2D eigenvalue weighted by Gasteiger charge is 2.20. The molecule has 2 unspecified atom stereocenters. The van der Waals surface area contributed by atoms with Crippen molar-refractivity contribution in [2.45, 2.75) is 39.3 Å². The van der Waals surface area contributed by atoms with Crippen LogP contribution in [0.2, 0.25) is 0 Å². The number of carbonyl (C=O) groups is 1. The zero-order valence-corrected chi connectivity index (χ0v) is 12.6. The predicted molar refractivity (Wildman–Crippen MR) is 81.4 cm³/mol. The fourth-order valence-electron chi connectivity index (χ4n) is 1.90. The summed E-state index contributed by atoms with van der Waals surface area (Å²) in [6.07, 6.45) is 0.548. The fraction of sp³-hybridized carbons (Fsp3) is 0.562. The second-order valence-electron chi connectivity index (χ2n) is 5.31. The molecule has 3 N–H and O–H groups in total. The van der Waals surface area contributed by atoms with Crippen LogP contribution in [0.1, 0.15) is 26.3 Å². The molecule has 0 aliphatic carbocycles. The molecule has 0 radical (unpaired) electrons. The lowest BCUT2D eigenvalue weighted by molar-refractivity contribution is -0.123. The van der Waals surface area contributed by atoms with Crippen LogP contribution < -0.4 is 11.1 Å². The molecule has 2 atom stereocenters. The molecule has 112 valence electrons. The van der Waals surface area contributed by atoms with Crippen molar-refractivity contribution in [2.75, 3.05) is 13.2 Å². The van der Waals surface area contributed by atoms with Gasteiger partial charge >= 0.3 is 0 Å². The number of nitrogens with two attached hydrogens (primary N) is 1. The van der Waals surface area contributed by atoms with Gasteiger partial charge in [-0.1, -0.05) is 44.2 Å². The molecule has 4 heteroatoms. The van der Waals surface area contributed by atoms with E-state index >= 15 is 0 Å². The average Bonchev–Trinajstić information content (AvgIpc) is 2.43. The number of amides is 1. The Bertz CT molecular complexity index is 393. The van der Waals surface area contributed by atoms with Crippen LogP contribution in [0.5, 0.6) is 0 Å². The van der Waals surface area contributed by atoms with Gasteiger partial charge in [-0.25, -0.2) is 0 Å². The maximum Gasteiger partial charge on any atom is 0.237 e. The summed E-state index contributed by atoms with van der Waals surface area (Å²) >= 11 is 0. The third kappa shape index (κ3) is 5.72. The maximum atomic E-state index is 12.1. The lowest BCUT2D eigenvalue weighted by Gasteiger charge is -2.24. The summed E-state index contributed by atoms with van der Waals surface area (Å²) in [7, 11) is 0. The van der Waals surface area contributed by atoms with Gasteiger partial charge in [-0.05, 0) is 24.8 Å². The molecule has 1 amide bonds. The molecule has 1 aromatic rings. The Balaban J connectivity index is 2.50. The Morgan fingerprint density at radius 1 is 1.30 bits per heavy atom. The SMILES string of the molecule is CCOCC(NC(=O)C(N)Cc1ccccc1)C(C)C. The molecule has 1 aromatic carbocycles. The largest absolute Gasteiger partial charge is 0.380 e. The summed E-state index contributed by atoms with van der Waals surface area (Å²) in [4.78, 5) is 12.1. The highest BCUT2D eigenvalue weighted by atomic mass is 16.5. The number of hydrogen-bond donors (Lipinski definition) is 2. The minimum absolute atomic E-state index is 0.00396. The van der Waals surface area contributed by atoms with Gasteiger partial charge in [-0.15, -0.1) is 0 Å². The van der Waals surface area contributed by atoms with Crippen LogP contribution in [0.3, 0.4) is 0 Å². The van der Waals surface area contributed by atoms with E-state index < -0.39 is 6.04 Å². The van der Waals surface area contributed by atoms with E-state index in [0.29, 0.717) is 25.6 Å². The number of carbonyl (C=O) groups excluding carboxylic acids is 1. The molecule has 0 aliphatic heterocycles.